The Morgan fingerprint density at radius 2 is 1.62 bits per heavy atom. The molecule has 0 aromatic heterocycles. The van der Waals surface area contributed by atoms with Crippen LogP contribution in [0.25, 0.3) is 0 Å². The second-order valence-corrected chi connectivity index (χ2v) is 4.41. The Balaban J connectivity index is 2.55. The second-order valence-electron chi connectivity index (χ2n) is 4.41. The first-order valence-electron chi connectivity index (χ1n) is 6.80. The van der Waals surface area contributed by atoms with Crippen LogP contribution < -0.4 is 5.32 Å². The summed E-state index contributed by atoms with van der Waals surface area (Å²) in [4.78, 5) is 0. The van der Waals surface area contributed by atoms with Crippen molar-refractivity contribution in [2.45, 2.75) is 58.8 Å². The largest absolute Gasteiger partial charge is 0.351 e. The van der Waals surface area contributed by atoms with Crippen LogP contribution in [0.5, 0.6) is 0 Å². The fraction of sp³-hybridized carbons (Fsp3) is 1.00. The van der Waals surface area contributed by atoms with Crippen molar-refractivity contribution in [3.05, 3.63) is 0 Å². The Labute approximate surface area is 99.9 Å². The zero-order valence-corrected chi connectivity index (χ0v) is 11.0. The molecule has 16 heavy (non-hydrogen) atoms. The van der Waals surface area contributed by atoms with Crippen molar-refractivity contribution in [2.24, 2.45) is 5.92 Å². The van der Waals surface area contributed by atoms with Gasteiger partial charge < -0.3 is 14.8 Å². The lowest BCUT2D eigenvalue weighted by Crippen LogP contribution is -2.47. The molecule has 0 aromatic carbocycles. The lowest BCUT2D eigenvalue weighted by atomic mass is 9.97. The second kappa shape index (κ2) is 8.04. The van der Waals surface area contributed by atoms with Crippen LogP contribution in [-0.2, 0) is 9.47 Å². The van der Waals surface area contributed by atoms with Crippen LogP contribution in [0.15, 0.2) is 0 Å². The normalized spacial score (nSPS) is 19.5. The summed E-state index contributed by atoms with van der Waals surface area (Å²) >= 11 is 0. The predicted molar refractivity (Wildman–Crippen MR) is 66.5 cm³/mol. The maximum atomic E-state index is 5.72. The van der Waals surface area contributed by atoms with Crippen molar-refractivity contribution < 1.29 is 9.47 Å². The van der Waals surface area contributed by atoms with Crippen molar-refractivity contribution >= 4 is 0 Å². The van der Waals surface area contributed by atoms with Crippen LogP contribution in [0.4, 0.5) is 0 Å². The Hall–Kier alpha value is -0.120. The minimum Gasteiger partial charge on any atom is -0.351 e. The number of hydrogen-bond acceptors (Lipinski definition) is 3. The van der Waals surface area contributed by atoms with Crippen LogP contribution in [0.3, 0.4) is 0 Å². The van der Waals surface area contributed by atoms with Gasteiger partial charge in [-0.25, -0.2) is 0 Å². The third kappa shape index (κ3) is 4.04. The van der Waals surface area contributed by atoms with Gasteiger partial charge in [0.2, 0.25) is 0 Å². The van der Waals surface area contributed by atoms with Gasteiger partial charge in [-0.05, 0) is 39.2 Å². The summed E-state index contributed by atoms with van der Waals surface area (Å²) in [6, 6.07) is 0.368. The van der Waals surface area contributed by atoms with E-state index >= 15 is 0 Å². The summed E-state index contributed by atoms with van der Waals surface area (Å²) in [7, 11) is 0. The molecule has 96 valence electrons. The zero-order valence-electron chi connectivity index (χ0n) is 11.0. The van der Waals surface area contributed by atoms with E-state index in [1.165, 1.54) is 25.7 Å². The van der Waals surface area contributed by atoms with E-state index in [-0.39, 0.29) is 6.29 Å². The Kier molecular flexibility index (Phi) is 7.01. The molecular weight excluding hydrogens is 202 g/mol. The molecule has 0 saturated heterocycles. The number of nitrogens with one attached hydrogen (secondary N) is 1. The van der Waals surface area contributed by atoms with Crippen molar-refractivity contribution in [3.8, 4) is 0 Å². The molecule has 1 aliphatic carbocycles. The van der Waals surface area contributed by atoms with Gasteiger partial charge in [-0.3, -0.25) is 0 Å². The van der Waals surface area contributed by atoms with Gasteiger partial charge in [0.25, 0.3) is 0 Å². The van der Waals surface area contributed by atoms with Gasteiger partial charge in [0.15, 0.2) is 6.29 Å². The molecule has 1 fully saturated rings. The predicted octanol–water partition coefficient (Wildman–Crippen LogP) is 2.55. The maximum Gasteiger partial charge on any atom is 0.172 e. The fourth-order valence-electron chi connectivity index (χ4n) is 2.62. The fourth-order valence-corrected chi connectivity index (χ4v) is 2.62. The highest BCUT2D eigenvalue weighted by Gasteiger charge is 2.31. The maximum absolute atomic E-state index is 5.72. The molecule has 1 N–H and O–H groups in total. The molecule has 0 aromatic rings. The molecule has 0 amide bonds. The molecule has 0 heterocycles. The lowest BCUT2D eigenvalue weighted by molar-refractivity contribution is -0.162. The van der Waals surface area contributed by atoms with E-state index in [1.807, 2.05) is 13.8 Å². The highest BCUT2D eigenvalue weighted by atomic mass is 16.7. The number of rotatable bonds is 8. The average Bonchev–Trinajstić information content (AvgIpc) is 2.79. The monoisotopic (exact) mass is 229 g/mol. The van der Waals surface area contributed by atoms with Gasteiger partial charge in [0, 0.05) is 13.2 Å². The van der Waals surface area contributed by atoms with E-state index in [1.54, 1.807) is 0 Å². The van der Waals surface area contributed by atoms with Crippen LogP contribution in [0, 0.1) is 5.92 Å². The summed E-state index contributed by atoms with van der Waals surface area (Å²) in [5.41, 5.74) is 0. The zero-order chi connectivity index (χ0) is 11.8. The van der Waals surface area contributed by atoms with Crippen LogP contribution in [0.2, 0.25) is 0 Å². The molecular formula is C13H27NO2. The topological polar surface area (TPSA) is 30.5 Å². The van der Waals surface area contributed by atoms with Gasteiger partial charge >= 0.3 is 0 Å². The van der Waals surface area contributed by atoms with E-state index in [2.05, 4.69) is 12.2 Å². The summed E-state index contributed by atoms with van der Waals surface area (Å²) in [5, 5.41) is 3.54. The molecule has 1 aliphatic rings. The minimum atomic E-state index is -0.0713. The van der Waals surface area contributed by atoms with Crippen molar-refractivity contribution in [1.29, 1.82) is 0 Å². The van der Waals surface area contributed by atoms with E-state index in [9.17, 15) is 0 Å². The van der Waals surface area contributed by atoms with Crippen molar-refractivity contribution in [3.63, 3.8) is 0 Å². The van der Waals surface area contributed by atoms with Crippen LogP contribution >= 0.6 is 0 Å². The van der Waals surface area contributed by atoms with Crippen molar-refractivity contribution in [1.82, 2.24) is 5.32 Å². The highest BCUT2D eigenvalue weighted by molar-refractivity contribution is 4.83. The van der Waals surface area contributed by atoms with E-state index in [0.29, 0.717) is 6.04 Å². The summed E-state index contributed by atoms with van der Waals surface area (Å²) < 4.78 is 11.4. The molecule has 0 spiro atoms. The van der Waals surface area contributed by atoms with Crippen LogP contribution in [-0.4, -0.2) is 32.1 Å². The Morgan fingerprint density at radius 3 is 2.06 bits per heavy atom. The van der Waals surface area contributed by atoms with Gasteiger partial charge in [-0.2, -0.15) is 0 Å². The summed E-state index contributed by atoms with van der Waals surface area (Å²) in [6.07, 6.45) is 5.27. The molecule has 1 rings (SSSR count). The van der Waals surface area contributed by atoms with Gasteiger partial charge in [0.05, 0.1) is 6.04 Å². The number of likely N-dealkylation sites (N-methyl/N-ethyl adjacent to an activating group) is 1. The molecule has 0 radical (unpaired) electrons. The molecule has 1 unspecified atom stereocenters. The first-order valence-corrected chi connectivity index (χ1v) is 6.80. The van der Waals surface area contributed by atoms with Gasteiger partial charge in [-0.1, -0.05) is 19.8 Å². The smallest absolute Gasteiger partial charge is 0.172 e. The summed E-state index contributed by atoms with van der Waals surface area (Å²) in [5.74, 6) is 0.725. The lowest BCUT2D eigenvalue weighted by Gasteiger charge is -2.31. The Bertz CT molecular complexity index is 163. The van der Waals surface area contributed by atoms with E-state index in [4.69, 9.17) is 9.47 Å². The molecule has 0 bridgehead atoms. The SMILES string of the molecule is CCNC(C1CCCC1)C(OCC)OCC. The standard InChI is InChI=1S/C13H27NO2/c1-4-14-12(11-9-7-8-10-11)13(15-5-2)16-6-3/h11-14H,4-10H2,1-3H3. The molecule has 3 heteroatoms. The van der Waals surface area contributed by atoms with E-state index < -0.39 is 0 Å². The van der Waals surface area contributed by atoms with Crippen molar-refractivity contribution in [2.75, 3.05) is 19.8 Å². The van der Waals surface area contributed by atoms with Crippen LogP contribution in [0.1, 0.15) is 46.5 Å². The quantitative estimate of drug-likeness (QED) is 0.649. The average molecular weight is 229 g/mol. The first kappa shape index (κ1) is 13.9. The number of ether oxygens (including phenoxy) is 2. The van der Waals surface area contributed by atoms with Gasteiger partial charge in [0.1, 0.15) is 0 Å². The Morgan fingerprint density at radius 1 is 1.06 bits per heavy atom. The first-order chi connectivity index (χ1) is 7.83. The molecule has 0 aliphatic heterocycles. The van der Waals surface area contributed by atoms with E-state index in [0.717, 1.165) is 25.7 Å². The highest BCUT2D eigenvalue weighted by Crippen LogP contribution is 2.30. The molecule has 1 atom stereocenters. The van der Waals surface area contributed by atoms with Gasteiger partial charge in [-0.15, -0.1) is 0 Å². The minimum absolute atomic E-state index is 0.0713. The summed E-state index contributed by atoms with van der Waals surface area (Å²) in [6.45, 7) is 8.64. The molecule has 1 saturated carbocycles. The third-order valence-corrected chi connectivity index (χ3v) is 3.30. The number of hydrogen-bond donors (Lipinski definition) is 1. The third-order valence-electron chi connectivity index (χ3n) is 3.30. The molecule has 3 nitrogen and oxygen atoms in total.